The molecule has 1 saturated heterocycles. The van der Waals surface area contributed by atoms with Crippen molar-refractivity contribution < 1.29 is 22.7 Å². The predicted octanol–water partition coefficient (Wildman–Crippen LogP) is 1.49. The molecule has 1 unspecified atom stereocenters. The summed E-state index contributed by atoms with van der Waals surface area (Å²) in [5, 5.41) is 8.72. The zero-order valence-corrected chi connectivity index (χ0v) is 12.0. The number of thioether (sulfide) groups is 1. The van der Waals surface area contributed by atoms with Crippen LogP contribution in [-0.4, -0.2) is 47.9 Å². The lowest BCUT2D eigenvalue weighted by Crippen LogP contribution is -2.41. The van der Waals surface area contributed by atoms with Crippen LogP contribution in [0.3, 0.4) is 0 Å². The van der Waals surface area contributed by atoms with Gasteiger partial charge >= 0.3 is 5.97 Å². The Balaban J connectivity index is 2.23. The Morgan fingerprint density at radius 1 is 1.58 bits per heavy atom. The summed E-state index contributed by atoms with van der Waals surface area (Å²) >= 11 is 1.76. The third-order valence-corrected chi connectivity index (χ3v) is 6.05. The van der Waals surface area contributed by atoms with Gasteiger partial charge in [0.15, 0.2) is 0 Å². The lowest BCUT2D eigenvalue weighted by molar-refractivity contribution is 0.0656. The maximum atomic E-state index is 12.3. The monoisotopic (exact) mass is 305 g/mol. The second-order valence-electron chi connectivity index (χ2n) is 4.19. The molecule has 106 valence electrons. The number of aromatic carboxylic acids is 1. The minimum atomic E-state index is -3.73. The molecule has 1 aromatic rings. The SMILES string of the molecule is CCC1CN(S(=O)(=O)c2ccc(C(=O)O)o2)CCS1. The summed E-state index contributed by atoms with van der Waals surface area (Å²) in [7, 11) is -3.73. The van der Waals surface area contributed by atoms with E-state index in [-0.39, 0.29) is 16.1 Å². The molecule has 1 aliphatic heterocycles. The summed E-state index contributed by atoms with van der Waals surface area (Å²) in [6, 6.07) is 2.35. The number of rotatable bonds is 4. The highest BCUT2D eigenvalue weighted by Crippen LogP contribution is 2.26. The highest BCUT2D eigenvalue weighted by atomic mass is 32.2. The molecule has 1 atom stereocenters. The number of carboxylic acids is 1. The minimum Gasteiger partial charge on any atom is -0.475 e. The number of furan rings is 1. The van der Waals surface area contributed by atoms with E-state index in [1.807, 2.05) is 6.92 Å². The van der Waals surface area contributed by atoms with E-state index in [0.717, 1.165) is 18.2 Å². The number of hydrogen-bond acceptors (Lipinski definition) is 5. The lowest BCUT2D eigenvalue weighted by atomic mass is 10.3. The van der Waals surface area contributed by atoms with Crippen molar-refractivity contribution in [3.8, 4) is 0 Å². The number of carboxylic acid groups (broad SMARTS) is 1. The highest BCUT2D eigenvalue weighted by molar-refractivity contribution is 8.00. The van der Waals surface area contributed by atoms with E-state index in [0.29, 0.717) is 13.1 Å². The first-order valence-corrected chi connectivity index (χ1v) is 8.39. The summed E-state index contributed by atoms with van der Waals surface area (Å²) in [6.07, 6.45) is 0.898. The van der Waals surface area contributed by atoms with E-state index >= 15 is 0 Å². The third-order valence-electron chi connectivity index (χ3n) is 2.94. The molecule has 2 rings (SSSR count). The zero-order chi connectivity index (χ0) is 14.0. The second kappa shape index (κ2) is 5.56. The van der Waals surface area contributed by atoms with Gasteiger partial charge < -0.3 is 9.52 Å². The molecule has 0 aromatic carbocycles. The Kier molecular flexibility index (Phi) is 4.22. The first-order chi connectivity index (χ1) is 8.95. The first-order valence-electron chi connectivity index (χ1n) is 5.90. The normalized spacial score (nSPS) is 21.4. The van der Waals surface area contributed by atoms with Crippen LogP contribution in [0.2, 0.25) is 0 Å². The summed E-state index contributed by atoms with van der Waals surface area (Å²) in [6.45, 7) is 2.88. The van der Waals surface area contributed by atoms with E-state index in [1.54, 1.807) is 11.8 Å². The van der Waals surface area contributed by atoms with Crippen molar-refractivity contribution in [1.82, 2.24) is 4.31 Å². The van der Waals surface area contributed by atoms with E-state index in [9.17, 15) is 13.2 Å². The fourth-order valence-corrected chi connectivity index (χ4v) is 4.65. The fraction of sp³-hybridized carbons (Fsp3) is 0.545. The third kappa shape index (κ3) is 2.96. The van der Waals surface area contributed by atoms with Crippen LogP contribution in [-0.2, 0) is 10.0 Å². The first kappa shape index (κ1) is 14.4. The number of hydrogen-bond donors (Lipinski definition) is 1. The Morgan fingerprint density at radius 2 is 2.32 bits per heavy atom. The van der Waals surface area contributed by atoms with Crippen molar-refractivity contribution in [2.75, 3.05) is 18.8 Å². The van der Waals surface area contributed by atoms with E-state index in [4.69, 9.17) is 9.52 Å². The van der Waals surface area contributed by atoms with Crippen molar-refractivity contribution in [1.29, 1.82) is 0 Å². The van der Waals surface area contributed by atoms with Crippen molar-refractivity contribution in [2.24, 2.45) is 0 Å². The molecule has 1 aliphatic rings. The lowest BCUT2D eigenvalue weighted by Gasteiger charge is -2.30. The van der Waals surface area contributed by atoms with Gasteiger partial charge in [-0.05, 0) is 18.6 Å². The fourth-order valence-electron chi connectivity index (χ4n) is 1.86. The van der Waals surface area contributed by atoms with Crippen molar-refractivity contribution in [3.05, 3.63) is 17.9 Å². The Labute approximate surface area is 115 Å². The van der Waals surface area contributed by atoms with Crippen molar-refractivity contribution in [2.45, 2.75) is 23.7 Å². The van der Waals surface area contributed by atoms with E-state index in [2.05, 4.69) is 0 Å². The van der Waals surface area contributed by atoms with E-state index < -0.39 is 16.0 Å². The quantitative estimate of drug-likeness (QED) is 0.907. The van der Waals surface area contributed by atoms with Crippen LogP contribution in [0.25, 0.3) is 0 Å². The van der Waals surface area contributed by atoms with Gasteiger partial charge in [0, 0.05) is 24.1 Å². The topological polar surface area (TPSA) is 87.8 Å². The molecule has 0 radical (unpaired) electrons. The number of nitrogens with zero attached hydrogens (tertiary/aromatic N) is 1. The van der Waals surface area contributed by atoms with Gasteiger partial charge in [0.05, 0.1) is 0 Å². The standard InChI is InChI=1S/C11H15NO5S2/c1-2-8-7-12(5-6-18-8)19(15,16)10-4-3-9(17-10)11(13)14/h3-4,8H,2,5-7H2,1H3,(H,13,14). The van der Waals surface area contributed by atoms with Crippen molar-refractivity contribution in [3.63, 3.8) is 0 Å². The van der Waals surface area contributed by atoms with Gasteiger partial charge in [0.25, 0.3) is 10.0 Å². The van der Waals surface area contributed by atoms with Crippen LogP contribution in [0, 0.1) is 0 Å². The maximum Gasteiger partial charge on any atom is 0.371 e. The van der Waals surface area contributed by atoms with Crippen LogP contribution in [0.5, 0.6) is 0 Å². The molecule has 1 fully saturated rings. The van der Waals surface area contributed by atoms with Gasteiger partial charge in [-0.2, -0.15) is 16.1 Å². The van der Waals surface area contributed by atoms with Crippen LogP contribution >= 0.6 is 11.8 Å². The van der Waals surface area contributed by atoms with Crippen LogP contribution in [0.15, 0.2) is 21.6 Å². The molecule has 0 bridgehead atoms. The smallest absolute Gasteiger partial charge is 0.371 e. The Bertz CT molecular complexity index is 565. The van der Waals surface area contributed by atoms with Crippen LogP contribution in [0.1, 0.15) is 23.9 Å². The van der Waals surface area contributed by atoms with Crippen LogP contribution < -0.4 is 0 Å². The van der Waals surface area contributed by atoms with Gasteiger partial charge in [-0.3, -0.25) is 0 Å². The van der Waals surface area contributed by atoms with Gasteiger partial charge in [-0.15, -0.1) is 0 Å². The molecule has 6 nitrogen and oxygen atoms in total. The molecule has 0 saturated carbocycles. The number of sulfonamides is 1. The average molecular weight is 305 g/mol. The summed E-state index contributed by atoms with van der Waals surface area (Å²) < 4.78 is 30.9. The summed E-state index contributed by atoms with van der Waals surface area (Å²) in [5.74, 6) is -0.899. The summed E-state index contributed by atoms with van der Waals surface area (Å²) in [5.41, 5.74) is 0. The summed E-state index contributed by atoms with van der Waals surface area (Å²) in [4.78, 5) is 10.7. The average Bonchev–Trinajstić information content (AvgIpc) is 2.89. The zero-order valence-electron chi connectivity index (χ0n) is 10.4. The maximum absolute atomic E-state index is 12.3. The largest absolute Gasteiger partial charge is 0.475 e. The molecule has 2 heterocycles. The number of carbonyl (C=O) groups is 1. The molecule has 0 amide bonds. The van der Waals surface area contributed by atoms with Crippen LogP contribution in [0.4, 0.5) is 0 Å². The van der Waals surface area contributed by atoms with Crippen molar-refractivity contribution >= 4 is 27.8 Å². The molecule has 8 heteroatoms. The Hall–Kier alpha value is -0.990. The van der Waals surface area contributed by atoms with Gasteiger partial charge in [0.2, 0.25) is 10.9 Å². The van der Waals surface area contributed by atoms with Gasteiger partial charge in [-0.25, -0.2) is 13.2 Å². The molecule has 19 heavy (non-hydrogen) atoms. The second-order valence-corrected chi connectivity index (χ2v) is 7.47. The predicted molar refractivity (Wildman–Crippen MR) is 71.0 cm³/mol. The molecule has 1 N–H and O–H groups in total. The molecular formula is C11H15NO5S2. The molecular weight excluding hydrogens is 290 g/mol. The van der Waals surface area contributed by atoms with Gasteiger partial charge in [0.1, 0.15) is 0 Å². The molecule has 0 aliphatic carbocycles. The van der Waals surface area contributed by atoms with Gasteiger partial charge in [-0.1, -0.05) is 6.92 Å². The minimum absolute atomic E-state index is 0.275. The molecule has 1 aromatic heterocycles. The highest BCUT2D eigenvalue weighted by Gasteiger charge is 2.32. The Morgan fingerprint density at radius 3 is 2.89 bits per heavy atom. The van der Waals surface area contributed by atoms with E-state index in [1.165, 1.54) is 10.4 Å². The molecule has 0 spiro atoms.